The molecule has 0 saturated heterocycles. The molecule has 0 amide bonds. The van der Waals surface area contributed by atoms with Crippen molar-refractivity contribution in [2.24, 2.45) is 5.73 Å². The lowest BCUT2D eigenvalue weighted by Gasteiger charge is -2.17. The van der Waals surface area contributed by atoms with Crippen molar-refractivity contribution in [2.45, 2.75) is 26.4 Å². The Morgan fingerprint density at radius 2 is 2.16 bits per heavy atom. The van der Waals surface area contributed by atoms with Crippen LogP contribution in [0.25, 0.3) is 0 Å². The van der Waals surface area contributed by atoms with E-state index in [9.17, 15) is 0 Å². The van der Waals surface area contributed by atoms with E-state index in [0.717, 1.165) is 22.6 Å². The van der Waals surface area contributed by atoms with Crippen molar-refractivity contribution in [3.8, 4) is 5.75 Å². The summed E-state index contributed by atoms with van der Waals surface area (Å²) >= 11 is 5.99. The molecule has 0 aliphatic heterocycles. The molecule has 0 spiro atoms. The Kier molecular flexibility index (Phi) is 4.12. The van der Waals surface area contributed by atoms with Crippen molar-refractivity contribution >= 4 is 11.6 Å². The van der Waals surface area contributed by atoms with Crippen LogP contribution in [-0.2, 0) is 6.54 Å². The molecule has 1 aromatic carbocycles. The van der Waals surface area contributed by atoms with E-state index in [1.807, 2.05) is 36.7 Å². The first-order valence-electron chi connectivity index (χ1n) is 6.11. The first-order valence-corrected chi connectivity index (χ1v) is 6.48. The third-order valence-corrected chi connectivity index (χ3v) is 3.57. The van der Waals surface area contributed by atoms with E-state index in [1.54, 1.807) is 13.3 Å². The zero-order valence-corrected chi connectivity index (χ0v) is 12.1. The predicted molar refractivity (Wildman–Crippen MR) is 76.6 cm³/mol. The number of nitrogens with zero attached hydrogens (tertiary/aromatic N) is 2. The summed E-state index contributed by atoms with van der Waals surface area (Å²) in [4.78, 5) is 0. The summed E-state index contributed by atoms with van der Waals surface area (Å²) in [5, 5.41) is 4.88. The second-order valence-electron chi connectivity index (χ2n) is 4.61. The van der Waals surface area contributed by atoms with E-state index in [4.69, 9.17) is 22.1 Å². The van der Waals surface area contributed by atoms with Crippen LogP contribution < -0.4 is 10.5 Å². The molecule has 0 saturated carbocycles. The Labute approximate surface area is 118 Å². The lowest BCUT2D eigenvalue weighted by Crippen LogP contribution is -2.20. The average Bonchev–Trinajstić information content (AvgIpc) is 2.70. The Balaban J connectivity index is 2.27. The van der Waals surface area contributed by atoms with Gasteiger partial charge < -0.3 is 10.5 Å². The highest BCUT2D eigenvalue weighted by Gasteiger charge is 2.15. The third kappa shape index (κ3) is 2.91. The summed E-state index contributed by atoms with van der Waals surface area (Å²) in [7, 11) is 1.65. The standard InChI is InChI=1S/C14H18ClN3O/c1-9-4-5-14(19-3)11(6-9)13(16)8-18-10(2)12(15)7-17-18/h4-7,13H,8,16H2,1-3H3. The van der Waals surface area contributed by atoms with Gasteiger partial charge in [0.25, 0.3) is 0 Å². The monoisotopic (exact) mass is 279 g/mol. The number of hydrogen-bond donors (Lipinski definition) is 1. The van der Waals surface area contributed by atoms with Crippen LogP contribution in [0.2, 0.25) is 5.02 Å². The molecule has 0 bridgehead atoms. The molecule has 2 rings (SSSR count). The van der Waals surface area contributed by atoms with Crippen molar-refractivity contribution < 1.29 is 4.74 Å². The fourth-order valence-electron chi connectivity index (χ4n) is 2.04. The fraction of sp³-hybridized carbons (Fsp3) is 0.357. The van der Waals surface area contributed by atoms with Gasteiger partial charge >= 0.3 is 0 Å². The topological polar surface area (TPSA) is 53.1 Å². The van der Waals surface area contributed by atoms with Crippen LogP contribution in [0.15, 0.2) is 24.4 Å². The highest BCUT2D eigenvalue weighted by atomic mass is 35.5. The lowest BCUT2D eigenvalue weighted by atomic mass is 10.0. The molecule has 2 N–H and O–H groups in total. The van der Waals surface area contributed by atoms with E-state index in [0.29, 0.717) is 11.6 Å². The second-order valence-corrected chi connectivity index (χ2v) is 5.02. The summed E-state index contributed by atoms with van der Waals surface area (Å²) in [5.74, 6) is 0.800. The first kappa shape index (κ1) is 13.9. The number of rotatable bonds is 4. The van der Waals surface area contributed by atoms with Gasteiger partial charge in [-0.25, -0.2) is 0 Å². The smallest absolute Gasteiger partial charge is 0.123 e. The number of halogens is 1. The van der Waals surface area contributed by atoms with Gasteiger partial charge in [0.15, 0.2) is 0 Å². The van der Waals surface area contributed by atoms with Gasteiger partial charge in [-0.1, -0.05) is 29.3 Å². The summed E-state index contributed by atoms with van der Waals surface area (Å²) in [6.45, 7) is 4.53. The van der Waals surface area contributed by atoms with Gasteiger partial charge in [0, 0.05) is 5.56 Å². The molecule has 1 aromatic heterocycles. The maximum atomic E-state index is 6.27. The van der Waals surface area contributed by atoms with Crippen molar-refractivity contribution in [3.63, 3.8) is 0 Å². The highest BCUT2D eigenvalue weighted by molar-refractivity contribution is 6.31. The first-order chi connectivity index (χ1) is 9.02. The average molecular weight is 280 g/mol. The van der Waals surface area contributed by atoms with Gasteiger partial charge in [0.05, 0.1) is 36.6 Å². The third-order valence-electron chi connectivity index (χ3n) is 3.20. The van der Waals surface area contributed by atoms with Crippen LogP contribution in [-0.4, -0.2) is 16.9 Å². The SMILES string of the molecule is COc1ccc(C)cc1C(N)Cn1ncc(Cl)c1C. The van der Waals surface area contributed by atoms with Crippen molar-refractivity contribution in [2.75, 3.05) is 7.11 Å². The number of nitrogens with two attached hydrogens (primary N) is 1. The van der Waals surface area contributed by atoms with Crippen LogP contribution >= 0.6 is 11.6 Å². The predicted octanol–water partition coefficient (Wildman–Crippen LogP) is 2.86. The lowest BCUT2D eigenvalue weighted by molar-refractivity contribution is 0.399. The van der Waals surface area contributed by atoms with Crippen LogP contribution in [0.5, 0.6) is 5.75 Å². The highest BCUT2D eigenvalue weighted by Crippen LogP contribution is 2.26. The van der Waals surface area contributed by atoms with Crippen LogP contribution in [0.4, 0.5) is 0 Å². The van der Waals surface area contributed by atoms with Gasteiger partial charge in [-0.2, -0.15) is 5.10 Å². The molecule has 0 aliphatic carbocycles. The van der Waals surface area contributed by atoms with Gasteiger partial charge in [0.2, 0.25) is 0 Å². The van der Waals surface area contributed by atoms with Crippen molar-refractivity contribution in [3.05, 3.63) is 46.2 Å². The quantitative estimate of drug-likeness (QED) is 0.936. The molecule has 4 nitrogen and oxygen atoms in total. The van der Waals surface area contributed by atoms with Crippen LogP contribution in [0, 0.1) is 13.8 Å². The van der Waals surface area contributed by atoms with E-state index in [2.05, 4.69) is 5.10 Å². The van der Waals surface area contributed by atoms with Gasteiger partial charge in [-0.15, -0.1) is 0 Å². The minimum absolute atomic E-state index is 0.190. The number of hydrogen-bond acceptors (Lipinski definition) is 3. The number of methoxy groups -OCH3 is 1. The van der Waals surface area contributed by atoms with Crippen molar-refractivity contribution in [1.29, 1.82) is 0 Å². The molecule has 0 aliphatic rings. The molecule has 5 heteroatoms. The van der Waals surface area contributed by atoms with E-state index in [-0.39, 0.29) is 6.04 Å². The van der Waals surface area contributed by atoms with Gasteiger partial charge in [-0.3, -0.25) is 4.68 Å². The second kappa shape index (κ2) is 5.63. The Morgan fingerprint density at radius 3 is 2.74 bits per heavy atom. The number of benzene rings is 1. The van der Waals surface area contributed by atoms with Crippen LogP contribution in [0.1, 0.15) is 22.9 Å². The zero-order valence-electron chi connectivity index (χ0n) is 11.4. The molecule has 1 unspecified atom stereocenters. The number of aryl methyl sites for hydroxylation is 1. The maximum Gasteiger partial charge on any atom is 0.123 e. The molecule has 0 fully saturated rings. The number of aromatic nitrogens is 2. The van der Waals surface area contributed by atoms with Crippen molar-refractivity contribution in [1.82, 2.24) is 9.78 Å². The Morgan fingerprint density at radius 1 is 1.42 bits per heavy atom. The molecular formula is C14H18ClN3O. The Hall–Kier alpha value is -1.52. The maximum absolute atomic E-state index is 6.27. The van der Waals surface area contributed by atoms with E-state index >= 15 is 0 Å². The molecule has 102 valence electrons. The molecular weight excluding hydrogens is 262 g/mol. The normalized spacial score (nSPS) is 12.5. The largest absolute Gasteiger partial charge is 0.496 e. The van der Waals surface area contributed by atoms with Gasteiger partial charge in [0.1, 0.15) is 5.75 Å². The summed E-state index contributed by atoms with van der Waals surface area (Å²) < 4.78 is 7.17. The molecule has 19 heavy (non-hydrogen) atoms. The van der Waals surface area contributed by atoms with Crippen LogP contribution in [0.3, 0.4) is 0 Å². The summed E-state index contributed by atoms with van der Waals surface area (Å²) in [6.07, 6.45) is 1.64. The Bertz CT molecular complexity index is 580. The molecule has 0 radical (unpaired) electrons. The van der Waals surface area contributed by atoms with E-state index < -0.39 is 0 Å². The van der Waals surface area contributed by atoms with Gasteiger partial charge in [-0.05, 0) is 19.9 Å². The van der Waals surface area contributed by atoms with E-state index in [1.165, 1.54) is 0 Å². The molecule has 1 heterocycles. The molecule has 2 aromatic rings. The zero-order chi connectivity index (χ0) is 14.0. The summed E-state index contributed by atoms with van der Waals surface area (Å²) in [5.41, 5.74) is 9.32. The fourth-order valence-corrected chi connectivity index (χ4v) is 2.18. The number of ether oxygens (including phenoxy) is 1. The minimum atomic E-state index is -0.190. The summed E-state index contributed by atoms with van der Waals surface area (Å²) in [6, 6.07) is 5.80. The minimum Gasteiger partial charge on any atom is -0.496 e. The molecule has 1 atom stereocenters.